The van der Waals surface area contributed by atoms with Crippen LogP contribution < -0.4 is 4.72 Å². The molecule has 8 heteroatoms. The van der Waals surface area contributed by atoms with Gasteiger partial charge in [-0.2, -0.15) is 0 Å². The first-order valence-electron chi connectivity index (χ1n) is 7.28. The molecule has 0 radical (unpaired) electrons. The van der Waals surface area contributed by atoms with Crippen molar-refractivity contribution in [2.75, 3.05) is 0 Å². The first-order valence-corrected chi connectivity index (χ1v) is 9.14. The molecule has 1 aromatic rings. The van der Waals surface area contributed by atoms with E-state index in [-0.39, 0.29) is 34.4 Å². The Kier molecular flexibility index (Phi) is 7.18. The van der Waals surface area contributed by atoms with Crippen molar-refractivity contribution in [3.05, 3.63) is 28.8 Å². The van der Waals surface area contributed by atoms with Crippen LogP contribution in [0, 0.1) is 0 Å². The molecule has 0 heterocycles. The van der Waals surface area contributed by atoms with Crippen molar-refractivity contribution in [2.24, 2.45) is 0 Å². The lowest BCUT2D eigenvalue weighted by atomic mass is 10.1. The highest BCUT2D eigenvalue weighted by Crippen LogP contribution is 2.24. The number of rotatable bonds is 9. The molecule has 2 N–H and O–H groups in total. The maximum absolute atomic E-state index is 12.4. The quantitative estimate of drug-likeness (QED) is 0.658. The zero-order valence-corrected chi connectivity index (χ0v) is 14.6. The van der Waals surface area contributed by atoms with Gasteiger partial charge < -0.3 is 5.11 Å². The Morgan fingerprint density at radius 2 is 1.83 bits per heavy atom. The number of hydrogen-bond donors (Lipinski definition) is 2. The molecule has 0 aliphatic rings. The van der Waals surface area contributed by atoms with Crippen molar-refractivity contribution in [2.45, 2.75) is 50.5 Å². The molecule has 128 valence electrons. The smallest absolute Gasteiger partial charge is 0.303 e. The maximum atomic E-state index is 12.4. The van der Waals surface area contributed by atoms with Gasteiger partial charge in [-0.15, -0.1) is 0 Å². The highest BCUT2D eigenvalue weighted by Gasteiger charge is 2.22. The fourth-order valence-electron chi connectivity index (χ4n) is 1.99. The van der Waals surface area contributed by atoms with Crippen molar-refractivity contribution in [1.29, 1.82) is 0 Å². The fourth-order valence-corrected chi connectivity index (χ4v) is 3.91. The number of sulfonamides is 1. The summed E-state index contributed by atoms with van der Waals surface area (Å²) >= 11 is 5.96. The van der Waals surface area contributed by atoms with E-state index in [9.17, 15) is 18.0 Å². The lowest BCUT2D eigenvalue weighted by Crippen LogP contribution is -2.34. The number of benzene rings is 1. The maximum Gasteiger partial charge on any atom is 0.303 e. The number of carbonyl (C=O) groups excluding carboxylic acids is 1. The highest BCUT2D eigenvalue weighted by molar-refractivity contribution is 7.89. The largest absolute Gasteiger partial charge is 0.481 e. The minimum Gasteiger partial charge on any atom is -0.481 e. The minimum atomic E-state index is -3.85. The Balaban J connectivity index is 3.10. The molecule has 1 rings (SSSR count). The zero-order valence-electron chi connectivity index (χ0n) is 13.0. The van der Waals surface area contributed by atoms with Gasteiger partial charge in [0.15, 0.2) is 5.78 Å². The van der Waals surface area contributed by atoms with Gasteiger partial charge in [0.25, 0.3) is 0 Å². The highest BCUT2D eigenvalue weighted by atomic mass is 35.5. The number of aliphatic carboxylic acids is 1. The first kappa shape index (κ1) is 19.6. The molecule has 0 aliphatic carbocycles. The van der Waals surface area contributed by atoms with Crippen LogP contribution in [-0.4, -0.2) is 31.3 Å². The number of nitrogens with one attached hydrogen (secondary N) is 1. The van der Waals surface area contributed by atoms with Gasteiger partial charge in [-0.3, -0.25) is 9.59 Å². The van der Waals surface area contributed by atoms with Crippen molar-refractivity contribution >= 4 is 33.4 Å². The fraction of sp³-hybridized carbons (Fsp3) is 0.467. The summed E-state index contributed by atoms with van der Waals surface area (Å²) in [7, 11) is -3.85. The third-order valence-electron chi connectivity index (χ3n) is 3.42. The van der Waals surface area contributed by atoms with Crippen LogP contribution in [0.25, 0.3) is 0 Å². The van der Waals surface area contributed by atoms with Crippen molar-refractivity contribution in [3.63, 3.8) is 0 Å². The predicted molar refractivity (Wildman–Crippen MR) is 87.3 cm³/mol. The lowest BCUT2D eigenvalue weighted by molar-refractivity contribution is -0.136. The van der Waals surface area contributed by atoms with Gasteiger partial charge in [0, 0.05) is 18.0 Å². The summed E-state index contributed by atoms with van der Waals surface area (Å²) in [6, 6.07) is 3.69. The number of carbonyl (C=O) groups is 2. The molecule has 0 aliphatic heterocycles. The van der Waals surface area contributed by atoms with Crippen LogP contribution in [0.15, 0.2) is 23.1 Å². The molecule has 0 atom stereocenters. The SMILES string of the molecule is CCC(CC)NS(=O)(=O)c1cc(C(=O)CCC(=O)O)ccc1Cl. The van der Waals surface area contributed by atoms with Gasteiger partial charge >= 0.3 is 5.97 Å². The molecular weight excluding hydrogens is 342 g/mol. The second-order valence-electron chi connectivity index (χ2n) is 5.10. The summed E-state index contributed by atoms with van der Waals surface area (Å²) in [5.74, 6) is -1.53. The summed E-state index contributed by atoms with van der Waals surface area (Å²) in [4.78, 5) is 22.3. The normalized spacial score (nSPS) is 11.7. The average molecular weight is 362 g/mol. The van der Waals surface area contributed by atoms with Crippen LogP contribution >= 0.6 is 11.6 Å². The van der Waals surface area contributed by atoms with E-state index in [1.807, 2.05) is 13.8 Å². The zero-order chi connectivity index (χ0) is 17.6. The summed E-state index contributed by atoms with van der Waals surface area (Å²) in [5, 5.41) is 8.62. The summed E-state index contributed by atoms with van der Waals surface area (Å²) in [5.41, 5.74) is 0.126. The van der Waals surface area contributed by atoms with E-state index >= 15 is 0 Å². The van der Waals surface area contributed by atoms with E-state index in [1.54, 1.807) is 0 Å². The number of Topliss-reactive ketones (excluding diaryl/α,β-unsaturated/α-hetero) is 1. The molecule has 0 bridgehead atoms. The predicted octanol–water partition coefficient (Wildman–Crippen LogP) is 2.85. The summed E-state index contributed by atoms with van der Waals surface area (Å²) in [6.45, 7) is 3.73. The molecule has 0 spiro atoms. The average Bonchev–Trinajstić information content (AvgIpc) is 2.50. The van der Waals surface area contributed by atoms with Gasteiger partial charge in [0.05, 0.1) is 11.4 Å². The molecule has 0 aromatic heterocycles. The topological polar surface area (TPSA) is 101 Å². The number of carboxylic acids is 1. The number of carboxylic acid groups (broad SMARTS) is 1. The standard InChI is InChI=1S/C15H20ClNO5S/c1-3-11(4-2)17-23(21,22)14-9-10(5-6-12(14)16)13(18)7-8-15(19)20/h5-6,9,11,17H,3-4,7-8H2,1-2H3,(H,19,20). The summed E-state index contributed by atoms with van der Waals surface area (Å²) < 4.78 is 27.4. The van der Waals surface area contributed by atoms with E-state index < -0.39 is 21.8 Å². The van der Waals surface area contributed by atoms with Crippen molar-refractivity contribution < 1.29 is 23.1 Å². The van der Waals surface area contributed by atoms with Crippen LogP contribution in [0.2, 0.25) is 5.02 Å². The van der Waals surface area contributed by atoms with E-state index in [0.29, 0.717) is 12.8 Å². The molecule has 0 saturated carbocycles. The van der Waals surface area contributed by atoms with Crippen LogP contribution in [-0.2, 0) is 14.8 Å². The molecule has 0 saturated heterocycles. The third kappa shape index (κ3) is 5.60. The molecule has 0 fully saturated rings. The Labute approximate surface area is 140 Å². The van der Waals surface area contributed by atoms with Crippen LogP contribution in [0.5, 0.6) is 0 Å². The lowest BCUT2D eigenvalue weighted by Gasteiger charge is -2.16. The van der Waals surface area contributed by atoms with E-state index in [0.717, 1.165) is 0 Å². The monoisotopic (exact) mass is 361 g/mol. The number of halogens is 1. The molecular formula is C15H20ClNO5S. The molecule has 6 nitrogen and oxygen atoms in total. The van der Waals surface area contributed by atoms with Crippen LogP contribution in [0.4, 0.5) is 0 Å². The molecule has 0 unspecified atom stereocenters. The minimum absolute atomic E-state index is 0.0123. The Morgan fingerprint density at radius 1 is 1.22 bits per heavy atom. The van der Waals surface area contributed by atoms with Crippen LogP contribution in [0.1, 0.15) is 49.9 Å². The summed E-state index contributed by atoms with van der Waals surface area (Å²) in [6.07, 6.45) is 0.751. The number of ketones is 1. The van der Waals surface area contributed by atoms with Gasteiger partial charge in [0.2, 0.25) is 10.0 Å². The van der Waals surface area contributed by atoms with Crippen LogP contribution in [0.3, 0.4) is 0 Å². The Morgan fingerprint density at radius 3 is 2.35 bits per heavy atom. The third-order valence-corrected chi connectivity index (χ3v) is 5.42. The van der Waals surface area contributed by atoms with E-state index in [1.165, 1.54) is 18.2 Å². The van der Waals surface area contributed by atoms with Crippen molar-refractivity contribution in [1.82, 2.24) is 4.72 Å². The Bertz CT molecular complexity index is 683. The Hall–Kier alpha value is -1.44. The first-order chi connectivity index (χ1) is 10.7. The molecule has 23 heavy (non-hydrogen) atoms. The second-order valence-corrected chi connectivity index (χ2v) is 7.19. The van der Waals surface area contributed by atoms with Gasteiger partial charge in [0.1, 0.15) is 4.90 Å². The van der Waals surface area contributed by atoms with Gasteiger partial charge in [-0.05, 0) is 31.0 Å². The molecule has 0 amide bonds. The van der Waals surface area contributed by atoms with E-state index in [2.05, 4.69) is 4.72 Å². The van der Waals surface area contributed by atoms with Gasteiger partial charge in [-0.1, -0.05) is 25.4 Å². The van der Waals surface area contributed by atoms with Gasteiger partial charge in [-0.25, -0.2) is 13.1 Å². The number of hydrogen-bond acceptors (Lipinski definition) is 4. The van der Waals surface area contributed by atoms with Crippen molar-refractivity contribution in [3.8, 4) is 0 Å². The molecule has 1 aromatic carbocycles. The van der Waals surface area contributed by atoms with E-state index in [4.69, 9.17) is 16.7 Å². The second kappa shape index (κ2) is 8.42.